The monoisotopic (exact) mass is 278 g/mol. The number of benzene rings is 1. The molecule has 0 aliphatic rings. The Morgan fingerprint density at radius 1 is 1.47 bits per heavy atom. The summed E-state index contributed by atoms with van der Waals surface area (Å²) in [7, 11) is -2.37. The fraction of sp³-hybridized carbons (Fsp3) is 0.400. The largest absolute Gasteiger partial charge is 0.399 e. The molecule has 0 saturated carbocycles. The van der Waals surface area contributed by atoms with Crippen LogP contribution in [0.2, 0.25) is 0 Å². The highest BCUT2D eigenvalue weighted by molar-refractivity contribution is 7.98. The lowest BCUT2D eigenvalue weighted by atomic mass is 10.3. The second kappa shape index (κ2) is 5.70. The molecule has 96 valence electrons. The minimum Gasteiger partial charge on any atom is -0.399 e. The second-order valence-electron chi connectivity index (χ2n) is 3.51. The predicted octanol–water partition coefficient (Wildman–Crippen LogP) is 1.39. The summed E-state index contributed by atoms with van der Waals surface area (Å²) in [5.41, 5.74) is 5.70. The van der Waals surface area contributed by atoms with Crippen LogP contribution in [0.15, 0.2) is 23.1 Å². The molecular formula is C10H15FN2O2S2. The minimum absolute atomic E-state index is 0.225. The molecule has 0 amide bonds. The van der Waals surface area contributed by atoms with Crippen molar-refractivity contribution in [3.63, 3.8) is 0 Å². The lowest BCUT2D eigenvalue weighted by Crippen LogP contribution is -2.29. The topological polar surface area (TPSA) is 63.4 Å². The molecule has 0 atom stereocenters. The van der Waals surface area contributed by atoms with Crippen molar-refractivity contribution < 1.29 is 12.8 Å². The van der Waals surface area contributed by atoms with Crippen molar-refractivity contribution >= 4 is 27.5 Å². The van der Waals surface area contributed by atoms with Crippen LogP contribution in [0.25, 0.3) is 0 Å². The first-order chi connectivity index (χ1) is 7.89. The Morgan fingerprint density at radius 3 is 2.71 bits per heavy atom. The Bertz CT molecular complexity index is 491. The van der Waals surface area contributed by atoms with E-state index in [1.165, 1.54) is 24.9 Å². The molecule has 0 heterocycles. The summed E-state index contributed by atoms with van der Waals surface area (Å²) < 4.78 is 38.7. The van der Waals surface area contributed by atoms with E-state index in [0.717, 1.165) is 16.4 Å². The number of rotatable bonds is 5. The molecule has 0 bridgehead atoms. The summed E-state index contributed by atoms with van der Waals surface area (Å²) >= 11 is 1.52. The van der Waals surface area contributed by atoms with E-state index in [-0.39, 0.29) is 10.6 Å². The highest BCUT2D eigenvalue weighted by Crippen LogP contribution is 2.20. The maximum atomic E-state index is 13.5. The Kier molecular flexibility index (Phi) is 4.79. The van der Waals surface area contributed by atoms with Crippen molar-refractivity contribution in [3.05, 3.63) is 24.0 Å². The number of nitrogens with two attached hydrogens (primary N) is 1. The normalized spacial score (nSPS) is 12.0. The van der Waals surface area contributed by atoms with Gasteiger partial charge in [0.2, 0.25) is 10.0 Å². The molecule has 4 nitrogen and oxygen atoms in total. The van der Waals surface area contributed by atoms with Gasteiger partial charge in [0.1, 0.15) is 10.7 Å². The number of nitrogens with zero attached hydrogens (tertiary/aromatic N) is 1. The van der Waals surface area contributed by atoms with Gasteiger partial charge in [-0.05, 0) is 24.5 Å². The molecule has 1 rings (SSSR count). The number of sulfonamides is 1. The summed E-state index contributed by atoms with van der Waals surface area (Å²) in [5.74, 6) is -0.130. The zero-order chi connectivity index (χ0) is 13.1. The van der Waals surface area contributed by atoms with Crippen LogP contribution in [0.5, 0.6) is 0 Å². The Hall–Kier alpha value is -0.790. The molecule has 0 fully saturated rings. The van der Waals surface area contributed by atoms with Gasteiger partial charge in [0.25, 0.3) is 0 Å². The highest BCUT2D eigenvalue weighted by atomic mass is 32.2. The molecule has 0 aromatic heterocycles. The van der Waals surface area contributed by atoms with Crippen LogP contribution in [-0.2, 0) is 10.0 Å². The predicted molar refractivity (Wildman–Crippen MR) is 69.0 cm³/mol. The van der Waals surface area contributed by atoms with Gasteiger partial charge in [-0.1, -0.05) is 0 Å². The van der Waals surface area contributed by atoms with E-state index in [0.29, 0.717) is 12.3 Å². The van der Waals surface area contributed by atoms with Gasteiger partial charge in [-0.25, -0.2) is 17.1 Å². The van der Waals surface area contributed by atoms with Crippen molar-refractivity contribution in [2.24, 2.45) is 0 Å². The molecule has 2 N–H and O–H groups in total. The molecule has 0 radical (unpaired) electrons. The van der Waals surface area contributed by atoms with Gasteiger partial charge in [-0.2, -0.15) is 11.8 Å². The van der Waals surface area contributed by atoms with Gasteiger partial charge >= 0.3 is 0 Å². The minimum atomic E-state index is -3.80. The third kappa shape index (κ3) is 3.34. The summed E-state index contributed by atoms with van der Waals surface area (Å²) in [6.07, 6.45) is 1.88. The molecule has 1 aromatic rings. The molecule has 1 aromatic carbocycles. The first kappa shape index (κ1) is 14.3. The molecule has 0 aliphatic heterocycles. The van der Waals surface area contributed by atoms with E-state index in [9.17, 15) is 12.8 Å². The van der Waals surface area contributed by atoms with Gasteiger partial charge in [-0.15, -0.1) is 0 Å². The number of halogens is 1. The molecule has 17 heavy (non-hydrogen) atoms. The van der Waals surface area contributed by atoms with E-state index in [1.54, 1.807) is 0 Å². The van der Waals surface area contributed by atoms with Crippen LogP contribution in [0.3, 0.4) is 0 Å². The number of anilines is 1. The van der Waals surface area contributed by atoms with E-state index < -0.39 is 15.8 Å². The summed E-state index contributed by atoms with van der Waals surface area (Å²) in [4.78, 5) is -0.374. The van der Waals surface area contributed by atoms with E-state index in [2.05, 4.69) is 0 Å². The Labute approximate surface area is 105 Å². The summed E-state index contributed by atoms with van der Waals surface area (Å²) in [6, 6.07) is 3.53. The van der Waals surface area contributed by atoms with Crippen molar-refractivity contribution in [1.82, 2.24) is 4.31 Å². The average Bonchev–Trinajstić information content (AvgIpc) is 2.28. The third-order valence-corrected chi connectivity index (χ3v) is 4.72. The van der Waals surface area contributed by atoms with E-state index >= 15 is 0 Å². The van der Waals surface area contributed by atoms with E-state index in [4.69, 9.17) is 5.73 Å². The maximum Gasteiger partial charge on any atom is 0.245 e. The standard InChI is InChI=1S/C10H15FN2O2S2/c1-13(5-6-16-2)17(14,15)10-7-8(12)3-4-9(10)11/h3-4,7H,5-6,12H2,1-2H3. The third-order valence-electron chi connectivity index (χ3n) is 2.25. The first-order valence-electron chi connectivity index (χ1n) is 4.90. The van der Waals surface area contributed by atoms with Crippen LogP contribution >= 0.6 is 11.8 Å². The summed E-state index contributed by atoms with van der Waals surface area (Å²) in [5, 5.41) is 0. The van der Waals surface area contributed by atoms with Crippen LogP contribution in [0, 0.1) is 5.82 Å². The van der Waals surface area contributed by atoms with Crippen molar-refractivity contribution in [3.8, 4) is 0 Å². The van der Waals surface area contributed by atoms with Gasteiger partial charge in [0, 0.05) is 25.0 Å². The number of thioether (sulfide) groups is 1. The van der Waals surface area contributed by atoms with Crippen LogP contribution in [0.1, 0.15) is 0 Å². The van der Waals surface area contributed by atoms with Crippen LogP contribution in [-0.4, -0.2) is 38.3 Å². The molecular weight excluding hydrogens is 263 g/mol. The fourth-order valence-electron chi connectivity index (χ4n) is 1.23. The van der Waals surface area contributed by atoms with Crippen LogP contribution in [0.4, 0.5) is 10.1 Å². The number of hydrogen-bond acceptors (Lipinski definition) is 4. The molecule has 0 saturated heterocycles. The SMILES string of the molecule is CSCCN(C)S(=O)(=O)c1cc(N)ccc1F. The molecule has 0 spiro atoms. The summed E-state index contributed by atoms with van der Waals surface area (Å²) in [6.45, 7) is 0.331. The van der Waals surface area contributed by atoms with Gasteiger partial charge in [-0.3, -0.25) is 0 Å². The molecule has 0 aliphatic carbocycles. The van der Waals surface area contributed by atoms with Crippen molar-refractivity contribution in [2.75, 3.05) is 31.3 Å². The lowest BCUT2D eigenvalue weighted by molar-refractivity contribution is 0.480. The quantitative estimate of drug-likeness (QED) is 0.827. The zero-order valence-electron chi connectivity index (χ0n) is 9.68. The smallest absolute Gasteiger partial charge is 0.245 e. The fourth-order valence-corrected chi connectivity index (χ4v) is 3.06. The Balaban J connectivity index is 3.08. The maximum absolute atomic E-state index is 13.5. The average molecular weight is 278 g/mol. The molecule has 7 heteroatoms. The van der Waals surface area contributed by atoms with Gasteiger partial charge in [0.05, 0.1) is 0 Å². The first-order valence-corrected chi connectivity index (χ1v) is 7.73. The van der Waals surface area contributed by atoms with Gasteiger partial charge in [0.15, 0.2) is 0 Å². The Morgan fingerprint density at radius 2 is 2.12 bits per heavy atom. The second-order valence-corrected chi connectivity index (χ2v) is 6.51. The van der Waals surface area contributed by atoms with Crippen LogP contribution < -0.4 is 5.73 Å². The number of hydrogen-bond donors (Lipinski definition) is 1. The van der Waals surface area contributed by atoms with E-state index in [1.807, 2.05) is 6.26 Å². The lowest BCUT2D eigenvalue weighted by Gasteiger charge is -2.17. The molecule has 0 unspecified atom stereocenters. The highest BCUT2D eigenvalue weighted by Gasteiger charge is 2.24. The van der Waals surface area contributed by atoms with Gasteiger partial charge < -0.3 is 5.73 Å². The zero-order valence-corrected chi connectivity index (χ0v) is 11.3. The number of nitrogen functional groups attached to an aromatic ring is 1. The van der Waals surface area contributed by atoms with Crippen molar-refractivity contribution in [1.29, 1.82) is 0 Å². The van der Waals surface area contributed by atoms with Crippen molar-refractivity contribution in [2.45, 2.75) is 4.90 Å².